The molecule has 0 aliphatic heterocycles. The van der Waals surface area contributed by atoms with Crippen LogP contribution in [0.5, 0.6) is 0 Å². The van der Waals surface area contributed by atoms with Gasteiger partial charge in [-0.3, -0.25) is 10.1 Å². The van der Waals surface area contributed by atoms with E-state index in [2.05, 4.69) is 5.32 Å². The fourth-order valence-corrected chi connectivity index (χ4v) is 1.87. The summed E-state index contributed by atoms with van der Waals surface area (Å²) in [6.45, 7) is 3.23. The minimum Gasteiger partial charge on any atom is -0.311 e. The number of nitro benzene ring substituents is 1. The lowest BCUT2D eigenvalue weighted by molar-refractivity contribution is -0.385. The molecule has 0 aliphatic rings. The molecule has 0 saturated heterocycles. The molecule has 20 heavy (non-hydrogen) atoms. The summed E-state index contributed by atoms with van der Waals surface area (Å²) in [7, 11) is -3.26. The number of hydrogen-bond donors (Lipinski definition) is 1. The lowest BCUT2D eigenvalue weighted by atomic mass is 10.1. The molecule has 0 spiro atoms. The van der Waals surface area contributed by atoms with Crippen LogP contribution in [0.3, 0.4) is 0 Å². The van der Waals surface area contributed by atoms with Crippen LogP contribution >= 0.6 is 0 Å². The summed E-state index contributed by atoms with van der Waals surface area (Å²) in [5.41, 5.74) is -0.0182. The van der Waals surface area contributed by atoms with Crippen molar-refractivity contribution < 1.29 is 17.7 Å². The summed E-state index contributed by atoms with van der Waals surface area (Å²) in [5.74, 6) is -0.574. The van der Waals surface area contributed by atoms with Crippen molar-refractivity contribution in [2.24, 2.45) is 0 Å². The molecule has 0 amide bonds. The summed E-state index contributed by atoms with van der Waals surface area (Å²) in [4.78, 5) is 10.2. The predicted octanol–water partition coefficient (Wildman–Crippen LogP) is 1.65. The number of halogens is 1. The van der Waals surface area contributed by atoms with Crippen LogP contribution in [-0.4, -0.2) is 30.9 Å². The fourth-order valence-electron chi connectivity index (χ4n) is 1.50. The second kappa shape index (κ2) is 5.84. The van der Waals surface area contributed by atoms with E-state index in [0.717, 1.165) is 24.5 Å². The molecule has 0 radical (unpaired) electrons. The summed E-state index contributed by atoms with van der Waals surface area (Å²) in [6, 6.07) is 3.18. The van der Waals surface area contributed by atoms with Crippen LogP contribution in [0.25, 0.3) is 0 Å². The average molecular weight is 304 g/mol. The van der Waals surface area contributed by atoms with Crippen molar-refractivity contribution >= 4 is 15.5 Å². The standard InChI is InChI=1S/C12H17FN2O4S/c1-12(2,20(3,18)19)8-14-7-9-6-10(13)4-5-11(9)15(16)17/h4-6,14H,7-8H2,1-3H3. The highest BCUT2D eigenvalue weighted by molar-refractivity contribution is 7.92. The first kappa shape index (κ1) is 16.5. The zero-order valence-electron chi connectivity index (χ0n) is 11.5. The zero-order valence-corrected chi connectivity index (χ0v) is 12.3. The van der Waals surface area contributed by atoms with Gasteiger partial charge in [0.15, 0.2) is 9.84 Å². The van der Waals surface area contributed by atoms with Gasteiger partial charge >= 0.3 is 0 Å². The van der Waals surface area contributed by atoms with Gasteiger partial charge in [-0.25, -0.2) is 12.8 Å². The van der Waals surface area contributed by atoms with Gasteiger partial charge in [0, 0.05) is 31.0 Å². The van der Waals surface area contributed by atoms with Crippen molar-refractivity contribution in [1.82, 2.24) is 5.32 Å². The van der Waals surface area contributed by atoms with Crippen molar-refractivity contribution in [2.45, 2.75) is 25.1 Å². The van der Waals surface area contributed by atoms with Crippen molar-refractivity contribution in [3.8, 4) is 0 Å². The van der Waals surface area contributed by atoms with Crippen molar-refractivity contribution in [2.75, 3.05) is 12.8 Å². The van der Waals surface area contributed by atoms with Crippen LogP contribution in [0.15, 0.2) is 18.2 Å². The number of rotatable bonds is 6. The molecule has 0 saturated carbocycles. The third-order valence-corrected chi connectivity index (χ3v) is 5.26. The first-order chi connectivity index (χ1) is 9.04. The third kappa shape index (κ3) is 3.97. The Morgan fingerprint density at radius 1 is 1.40 bits per heavy atom. The van der Waals surface area contributed by atoms with E-state index < -0.39 is 25.3 Å². The summed E-state index contributed by atoms with van der Waals surface area (Å²) >= 11 is 0. The Morgan fingerprint density at radius 2 is 2.00 bits per heavy atom. The molecule has 6 nitrogen and oxygen atoms in total. The first-order valence-electron chi connectivity index (χ1n) is 5.88. The molecule has 0 heterocycles. The largest absolute Gasteiger partial charge is 0.311 e. The monoisotopic (exact) mass is 304 g/mol. The maximum Gasteiger partial charge on any atom is 0.274 e. The molecule has 112 valence electrons. The Kier molecular flexibility index (Phi) is 4.82. The quantitative estimate of drug-likeness (QED) is 0.637. The molecule has 0 fully saturated rings. The summed E-state index contributed by atoms with van der Waals surface area (Å²) in [6.07, 6.45) is 1.12. The van der Waals surface area contributed by atoms with Gasteiger partial charge in [0.2, 0.25) is 0 Å². The highest BCUT2D eigenvalue weighted by Gasteiger charge is 2.29. The molecular formula is C12H17FN2O4S. The minimum atomic E-state index is -3.26. The zero-order chi connectivity index (χ0) is 15.6. The van der Waals surface area contributed by atoms with E-state index >= 15 is 0 Å². The van der Waals surface area contributed by atoms with Gasteiger partial charge < -0.3 is 5.32 Å². The Hall–Kier alpha value is -1.54. The van der Waals surface area contributed by atoms with Gasteiger partial charge in [0.05, 0.1) is 9.67 Å². The van der Waals surface area contributed by atoms with E-state index in [4.69, 9.17) is 0 Å². The lowest BCUT2D eigenvalue weighted by Crippen LogP contribution is -2.41. The number of benzene rings is 1. The Balaban J connectivity index is 2.81. The number of hydrogen-bond acceptors (Lipinski definition) is 5. The number of nitro groups is 1. The Morgan fingerprint density at radius 3 is 2.50 bits per heavy atom. The second-order valence-electron chi connectivity index (χ2n) is 5.17. The molecule has 1 rings (SSSR count). The molecule has 0 aliphatic carbocycles. The lowest BCUT2D eigenvalue weighted by Gasteiger charge is -2.22. The Bertz CT molecular complexity index is 614. The molecule has 1 N–H and O–H groups in total. The van der Waals surface area contributed by atoms with Crippen LogP contribution in [0.1, 0.15) is 19.4 Å². The molecule has 0 bridgehead atoms. The van der Waals surface area contributed by atoms with E-state index in [-0.39, 0.29) is 24.3 Å². The van der Waals surface area contributed by atoms with Gasteiger partial charge in [-0.15, -0.1) is 0 Å². The van der Waals surface area contributed by atoms with Crippen molar-refractivity contribution in [3.05, 3.63) is 39.7 Å². The first-order valence-corrected chi connectivity index (χ1v) is 7.77. The molecule has 0 atom stereocenters. The molecular weight excluding hydrogens is 287 g/mol. The topological polar surface area (TPSA) is 89.3 Å². The van der Waals surface area contributed by atoms with E-state index in [0.29, 0.717) is 0 Å². The summed E-state index contributed by atoms with van der Waals surface area (Å²) in [5, 5.41) is 13.6. The molecule has 0 unspecified atom stereocenters. The average Bonchev–Trinajstić information content (AvgIpc) is 2.26. The highest BCUT2D eigenvalue weighted by atomic mass is 32.2. The fraction of sp³-hybridized carbons (Fsp3) is 0.500. The molecule has 8 heteroatoms. The van der Waals surface area contributed by atoms with Gasteiger partial charge in [-0.2, -0.15) is 0 Å². The van der Waals surface area contributed by atoms with Gasteiger partial charge in [-0.05, 0) is 26.0 Å². The van der Waals surface area contributed by atoms with E-state index in [9.17, 15) is 22.9 Å². The highest BCUT2D eigenvalue weighted by Crippen LogP contribution is 2.20. The van der Waals surface area contributed by atoms with Gasteiger partial charge in [0.25, 0.3) is 5.69 Å². The normalized spacial score (nSPS) is 12.4. The second-order valence-corrected chi connectivity index (χ2v) is 7.82. The third-order valence-electron chi connectivity index (χ3n) is 3.11. The van der Waals surface area contributed by atoms with Crippen LogP contribution in [0, 0.1) is 15.9 Å². The van der Waals surface area contributed by atoms with Crippen molar-refractivity contribution in [3.63, 3.8) is 0 Å². The number of sulfone groups is 1. The van der Waals surface area contributed by atoms with E-state index in [1.807, 2.05) is 0 Å². The summed E-state index contributed by atoms with van der Waals surface area (Å²) < 4.78 is 35.1. The maximum absolute atomic E-state index is 13.1. The Labute approximate surface area is 117 Å². The van der Waals surface area contributed by atoms with Crippen molar-refractivity contribution in [1.29, 1.82) is 0 Å². The minimum absolute atomic E-state index is 0.0209. The molecule has 1 aromatic carbocycles. The SMILES string of the molecule is CC(C)(CNCc1cc(F)ccc1[N+](=O)[O-])S(C)(=O)=O. The molecule has 1 aromatic rings. The van der Waals surface area contributed by atoms with E-state index in [1.54, 1.807) is 13.8 Å². The maximum atomic E-state index is 13.1. The van der Waals surface area contributed by atoms with Crippen LogP contribution < -0.4 is 5.32 Å². The van der Waals surface area contributed by atoms with E-state index in [1.165, 1.54) is 0 Å². The molecule has 0 aromatic heterocycles. The van der Waals surface area contributed by atoms with Gasteiger partial charge in [0.1, 0.15) is 5.82 Å². The number of nitrogens with one attached hydrogen (secondary N) is 1. The van der Waals surface area contributed by atoms with Crippen LogP contribution in [0.4, 0.5) is 10.1 Å². The number of nitrogens with zero attached hydrogens (tertiary/aromatic N) is 1. The smallest absolute Gasteiger partial charge is 0.274 e. The van der Waals surface area contributed by atoms with Crippen LogP contribution in [0.2, 0.25) is 0 Å². The van der Waals surface area contributed by atoms with Gasteiger partial charge in [-0.1, -0.05) is 0 Å². The predicted molar refractivity (Wildman–Crippen MR) is 73.7 cm³/mol. The van der Waals surface area contributed by atoms with Crippen LogP contribution in [-0.2, 0) is 16.4 Å².